The van der Waals surface area contributed by atoms with E-state index in [1.54, 1.807) is 24.4 Å². The number of carbonyl (C=O) groups excluding carboxylic acids is 1. The molecule has 0 aromatic carbocycles. The second kappa shape index (κ2) is 7.27. The SMILES string of the molecule is O=C(C[C@@H]1CN(S(=O)(=O)C(F)(F)F)Cc2ccnn21)NCc1ccccn1. The van der Waals surface area contributed by atoms with Crippen molar-refractivity contribution in [3.05, 3.63) is 48.0 Å². The summed E-state index contributed by atoms with van der Waals surface area (Å²) >= 11 is 0. The number of hydrogen-bond donors (Lipinski definition) is 1. The van der Waals surface area contributed by atoms with Crippen LogP contribution in [0, 0.1) is 0 Å². The number of sulfonamides is 1. The lowest BCUT2D eigenvalue weighted by Gasteiger charge is -2.33. The van der Waals surface area contributed by atoms with Gasteiger partial charge in [-0.2, -0.15) is 22.6 Å². The van der Waals surface area contributed by atoms with Crippen molar-refractivity contribution in [2.24, 2.45) is 0 Å². The van der Waals surface area contributed by atoms with Crippen molar-refractivity contribution < 1.29 is 26.4 Å². The lowest BCUT2D eigenvalue weighted by atomic mass is 10.1. The molecule has 1 N–H and O–H groups in total. The molecular weight excluding hydrogens is 387 g/mol. The molecule has 0 saturated heterocycles. The second-order valence-corrected chi connectivity index (χ2v) is 7.90. The summed E-state index contributed by atoms with van der Waals surface area (Å²) in [5, 5.41) is 6.63. The van der Waals surface area contributed by atoms with E-state index in [1.165, 1.54) is 16.9 Å². The molecule has 1 amide bonds. The Bertz CT molecular complexity index is 914. The topological polar surface area (TPSA) is 97.2 Å². The average molecular weight is 403 g/mol. The Morgan fingerprint density at radius 1 is 1.26 bits per heavy atom. The molecular formula is C15H16F3N5O3S. The molecule has 1 atom stereocenters. The number of hydrogen-bond acceptors (Lipinski definition) is 5. The summed E-state index contributed by atoms with van der Waals surface area (Å²) < 4.78 is 63.9. The fraction of sp³-hybridized carbons (Fsp3) is 0.400. The van der Waals surface area contributed by atoms with Crippen LogP contribution in [0.4, 0.5) is 13.2 Å². The van der Waals surface area contributed by atoms with Crippen LogP contribution >= 0.6 is 0 Å². The molecule has 3 rings (SSSR count). The molecule has 1 aliphatic rings. The molecule has 0 unspecified atom stereocenters. The van der Waals surface area contributed by atoms with E-state index >= 15 is 0 Å². The van der Waals surface area contributed by atoms with Crippen LogP contribution in [-0.4, -0.2) is 45.4 Å². The van der Waals surface area contributed by atoms with Crippen LogP contribution in [0.5, 0.6) is 0 Å². The van der Waals surface area contributed by atoms with E-state index in [-0.39, 0.29) is 18.7 Å². The fourth-order valence-electron chi connectivity index (χ4n) is 2.81. The minimum absolute atomic E-state index is 0.156. The molecule has 3 heterocycles. The molecule has 0 fully saturated rings. The normalized spacial score (nSPS) is 18.1. The highest BCUT2D eigenvalue weighted by Crippen LogP contribution is 2.32. The maximum Gasteiger partial charge on any atom is 0.511 e. The maximum atomic E-state index is 12.9. The van der Waals surface area contributed by atoms with Crippen LogP contribution in [-0.2, 0) is 27.9 Å². The van der Waals surface area contributed by atoms with Gasteiger partial charge in [-0.1, -0.05) is 6.07 Å². The summed E-state index contributed by atoms with van der Waals surface area (Å²) in [5.41, 5.74) is -4.49. The third kappa shape index (κ3) is 4.11. The third-order valence-electron chi connectivity index (χ3n) is 4.10. The summed E-state index contributed by atoms with van der Waals surface area (Å²) in [7, 11) is -5.49. The van der Waals surface area contributed by atoms with Crippen molar-refractivity contribution in [2.75, 3.05) is 6.54 Å². The number of nitrogens with one attached hydrogen (secondary N) is 1. The third-order valence-corrected chi connectivity index (χ3v) is 5.64. The van der Waals surface area contributed by atoms with E-state index in [9.17, 15) is 26.4 Å². The van der Waals surface area contributed by atoms with Crippen LogP contribution in [0.1, 0.15) is 23.9 Å². The van der Waals surface area contributed by atoms with Crippen LogP contribution in [0.3, 0.4) is 0 Å². The summed E-state index contributed by atoms with van der Waals surface area (Å²) in [6, 6.07) is 5.78. The van der Waals surface area contributed by atoms with Gasteiger partial charge < -0.3 is 5.32 Å². The first-order chi connectivity index (χ1) is 12.7. The van der Waals surface area contributed by atoms with Crippen molar-refractivity contribution in [1.82, 2.24) is 24.4 Å². The molecule has 12 heteroatoms. The Morgan fingerprint density at radius 2 is 2.04 bits per heavy atom. The largest absolute Gasteiger partial charge is 0.511 e. The molecule has 0 bridgehead atoms. The van der Waals surface area contributed by atoms with Crippen molar-refractivity contribution in [3.63, 3.8) is 0 Å². The standard InChI is InChI=1S/C15H16F3N5O3S/c16-15(17,18)27(25,26)22-9-12-4-6-21-23(12)13(10-22)7-14(24)20-8-11-3-1-2-5-19-11/h1-6,13H,7-10H2,(H,20,24)/t13-/m1/s1. The highest BCUT2D eigenvalue weighted by molar-refractivity contribution is 7.89. The zero-order valence-corrected chi connectivity index (χ0v) is 14.7. The van der Waals surface area contributed by atoms with Crippen molar-refractivity contribution in [2.45, 2.75) is 31.1 Å². The minimum Gasteiger partial charge on any atom is -0.350 e. The van der Waals surface area contributed by atoms with Gasteiger partial charge in [-0.15, -0.1) is 0 Å². The number of nitrogens with zero attached hydrogens (tertiary/aromatic N) is 4. The Morgan fingerprint density at radius 3 is 2.70 bits per heavy atom. The van der Waals surface area contributed by atoms with Gasteiger partial charge in [-0.25, -0.2) is 8.42 Å². The number of fused-ring (bicyclic) bond motifs is 1. The van der Waals surface area contributed by atoms with Crippen LogP contribution in [0.25, 0.3) is 0 Å². The van der Waals surface area contributed by atoms with Crippen molar-refractivity contribution in [1.29, 1.82) is 0 Å². The molecule has 0 aliphatic carbocycles. The van der Waals surface area contributed by atoms with Crippen molar-refractivity contribution in [3.8, 4) is 0 Å². The molecule has 2 aromatic rings. The Labute approximate surface area is 153 Å². The second-order valence-electron chi connectivity index (χ2n) is 5.97. The van der Waals surface area contributed by atoms with E-state index in [2.05, 4.69) is 15.4 Å². The number of pyridine rings is 1. The number of aromatic nitrogens is 3. The van der Waals surface area contributed by atoms with Gasteiger partial charge in [0.05, 0.1) is 36.9 Å². The maximum absolute atomic E-state index is 12.9. The summed E-state index contributed by atoms with van der Waals surface area (Å²) in [5.74, 6) is -0.446. The highest BCUT2D eigenvalue weighted by atomic mass is 32.2. The van der Waals surface area contributed by atoms with Gasteiger partial charge in [0.1, 0.15) is 0 Å². The summed E-state index contributed by atoms with van der Waals surface area (Å²) in [6.07, 6.45) is 2.71. The van der Waals surface area contributed by atoms with Gasteiger partial charge in [0, 0.05) is 18.9 Å². The first-order valence-electron chi connectivity index (χ1n) is 7.94. The van der Waals surface area contributed by atoms with Gasteiger partial charge in [0.25, 0.3) is 0 Å². The Balaban J connectivity index is 1.72. The number of halogens is 3. The number of rotatable bonds is 5. The van der Waals surface area contributed by atoms with E-state index in [4.69, 9.17) is 0 Å². The van der Waals surface area contributed by atoms with Crippen molar-refractivity contribution >= 4 is 15.9 Å². The first-order valence-corrected chi connectivity index (χ1v) is 9.38. The lowest BCUT2D eigenvalue weighted by Crippen LogP contribution is -2.47. The van der Waals surface area contributed by atoms with Gasteiger partial charge in [0.2, 0.25) is 5.91 Å². The molecule has 8 nitrogen and oxygen atoms in total. The van der Waals surface area contributed by atoms with Gasteiger partial charge in [-0.3, -0.25) is 14.5 Å². The molecule has 0 saturated carbocycles. The van der Waals surface area contributed by atoms with Crippen LogP contribution < -0.4 is 5.32 Å². The smallest absolute Gasteiger partial charge is 0.350 e. The molecule has 0 spiro atoms. The first kappa shape index (κ1) is 19.3. The minimum atomic E-state index is -5.49. The van der Waals surface area contributed by atoms with E-state index < -0.39 is 40.6 Å². The fourth-order valence-corrected chi connectivity index (χ4v) is 3.78. The molecule has 27 heavy (non-hydrogen) atoms. The van der Waals surface area contributed by atoms with Gasteiger partial charge >= 0.3 is 15.5 Å². The molecule has 146 valence electrons. The number of alkyl halides is 3. The monoisotopic (exact) mass is 403 g/mol. The zero-order chi connectivity index (χ0) is 19.7. The predicted octanol–water partition coefficient (Wildman–Crippen LogP) is 1.19. The van der Waals surface area contributed by atoms with E-state index in [1.807, 2.05) is 0 Å². The molecule has 1 aliphatic heterocycles. The number of carbonyl (C=O) groups is 1. The van der Waals surface area contributed by atoms with E-state index in [0.717, 1.165) is 0 Å². The van der Waals surface area contributed by atoms with Gasteiger partial charge in [0.15, 0.2) is 0 Å². The highest BCUT2D eigenvalue weighted by Gasteiger charge is 2.51. The quantitative estimate of drug-likeness (QED) is 0.809. The molecule has 0 radical (unpaired) electrons. The molecule has 2 aromatic heterocycles. The Kier molecular flexibility index (Phi) is 5.20. The number of amides is 1. The van der Waals surface area contributed by atoms with Crippen LogP contribution in [0.2, 0.25) is 0 Å². The lowest BCUT2D eigenvalue weighted by molar-refractivity contribution is -0.122. The average Bonchev–Trinajstić information content (AvgIpc) is 3.09. The summed E-state index contributed by atoms with van der Waals surface area (Å²) in [6.45, 7) is -0.787. The zero-order valence-electron chi connectivity index (χ0n) is 13.9. The Hall–Kier alpha value is -2.47. The van der Waals surface area contributed by atoms with E-state index in [0.29, 0.717) is 10.00 Å². The van der Waals surface area contributed by atoms with Gasteiger partial charge in [-0.05, 0) is 18.2 Å². The predicted molar refractivity (Wildman–Crippen MR) is 87.3 cm³/mol. The van der Waals surface area contributed by atoms with Crippen LogP contribution in [0.15, 0.2) is 36.7 Å². The summed E-state index contributed by atoms with van der Waals surface area (Å²) in [4.78, 5) is 16.3.